The normalized spacial score (nSPS) is 11.6. The van der Waals surface area contributed by atoms with Gasteiger partial charge in [0.1, 0.15) is 0 Å². The molecule has 0 N–H and O–H groups in total. The summed E-state index contributed by atoms with van der Waals surface area (Å²) in [5, 5.41) is 5.03. The van der Waals surface area contributed by atoms with Crippen LogP contribution in [0.15, 0.2) is 30.3 Å². The van der Waals surface area contributed by atoms with E-state index in [1.165, 1.54) is 35.4 Å². The fourth-order valence-electron chi connectivity index (χ4n) is 2.91. The summed E-state index contributed by atoms with van der Waals surface area (Å²) in [6, 6.07) is 11.2. The maximum Gasteiger partial charge on any atom is 0.0759 e. The molecule has 0 aliphatic rings. The van der Waals surface area contributed by atoms with E-state index >= 15 is 0 Å². The summed E-state index contributed by atoms with van der Waals surface area (Å²) < 4.78 is 2.25. The van der Waals surface area contributed by atoms with Crippen molar-refractivity contribution in [3.8, 4) is 11.1 Å². The van der Waals surface area contributed by atoms with Crippen LogP contribution >= 0.6 is 0 Å². The third-order valence-electron chi connectivity index (χ3n) is 4.04. The van der Waals surface area contributed by atoms with Crippen molar-refractivity contribution < 1.29 is 21.1 Å². The van der Waals surface area contributed by atoms with Gasteiger partial charge in [-0.2, -0.15) is 5.10 Å². The standard InChI is InChI=1S/C20H30N2.Pt/c1-7-8-14-17-18(16-12-10-9-11-13-16)19(20(4,5)6)21-22(17)15(2)3;/h9-13,15H,7-8,14H2,1-6H3;. The molecule has 1 heterocycles. The molecule has 0 saturated heterocycles. The molecular weight excluding hydrogens is 463 g/mol. The van der Waals surface area contributed by atoms with Crippen molar-refractivity contribution in [1.82, 2.24) is 9.78 Å². The zero-order chi connectivity index (χ0) is 16.3. The Morgan fingerprint density at radius 3 is 2.17 bits per heavy atom. The zero-order valence-corrected chi connectivity index (χ0v) is 17.6. The summed E-state index contributed by atoms with van der Waals surface area (Å²) in [5.74, 6) is 0. The summed E-state index contributed by atoms with van der Waals surface area (Å²) in [4.78, 5) is 0. The molecule has 0 amide bonds. The predicted molar refractivity (Wildman–Crippen MR) is 95.4 cm³/mol. The van der Waals surface area contributed by atoms with Crippen LogP contribution < -0.4 is 0 Å². The molecule has 0 fully saturated rings. The molecule has 2 rings (SSSR count). The molecule has 0 spiro atoms. The fourth-order valence-corrected chi connectivity index (χ4v) is 2.91. The molecule has 0 unspecified atom stereocenters. The molecule has 0 aliphatic heterocycles. The second kappa shape index (κ2) is 8.29. The van der Waals surface area contributed by atoms with E-state index in [0.29, 0.717) is 6.04 Å². The predicted octanol–water partition coefficient (Wildman–Crippen LogP) is 5.77. The van der Waals surface area contributed by atoms with Gasteiger partial charge in [0.2, 0.25) is 0 Å². The maximum atomic E-state index is 5.03. The Balaban J connectivity index is 0.00000264. The van der Waals surface area contributed by atoms with Crippen LogP contribution in [0.2, 0.25) is 0 Å². The van der Waals surface area contributed by atoms with Crippen LogP contribution in [-0.4, -0.2) is 9.78 Å². The van der Waals surface area contributed by atoms with Crippen molar-refractivity contribution in [2.24, 2.45) is 0 Å². The summed E-state index contributed by atoms with van der Waals surface area (Å²) in [6.07, 6.45) is 3.52. The zero-order valence-electron chi connectivity index (χ0n) is 15.3. The van der Waals surface area contributed by atoms with E-state index in [9.17, 15) is 0 Å². The molecule has 0 saturated carbocycles. The van der Waals surface area contributed by atoms with Crippen LogP contribution in [0.1, 0.15) is 71.8 Å². The third kappa shape index (κ3) is 4.57. The number of aromatic nitrogens is 2. The molecule has 2 nitrogen and oxygen atoms in total. The molecule has 0 aliphatic carbocycles. The molecular formula is C20H30N2Pt. The van der Waals surface area contributed by atoms with Gasteiger partial charge in [0, 0.05) is 43.8 Å². The van der Waals surface area contributed by atoms with Crippen molar-refractivity contribution in [2.45, 2.75) is 72.3 Å². The van der Waals surface area contributed by atoms with E-state index in [1.807, 2.05) is 0 Å². The Bertz CT molecular complexity index is 607. The van der Waals surface area contributed by atoms with Crippen molar-refractivity contribution in [3.63, 3.8) is 0 Å². The number of benzene rings is 1. The van der Waals surface area contributed by atoms with Crippen LogP contribution in [0.25, 0.3) is 11.1 Å². The van der Waals surface area contributed by atoms with Crippen LogP contribution in [0.4, 0.5) is 0 Å². The van der Waals surface area contributed by atoms with Crippen molar-refractivity contribution in [2.75, 3.05) is 0 Å². The Kier molecular flexibility index (Phi) is 7.26. The molecule has 1 aromatic heterocycles. The van der Waals surface area contributed by atoms with Gasteiger partial charge < -0.3 is 0 Å². The Labute approximate surface area is 155 Å². The first-order valence-corrected chi connectivity index (χ1v) is 8.53. The first-order valence-electron chi connectivity index (χ1n) is 8.53. The molecule has 2 aromatic rings. The number of rotatable bonds is 5. The molecule has 3 heteroatoms. The van der Waals surface area contributed by atoms with E-state index in [-0.39, 0.29) is 26.5 Å². The minimum Gasteiger partial charge on any atom is -0.266 e. The van der Waals surface area contributed by atoms with Crippen molar-refractivity contribution >= 4 is 0 Å². The second-order valence-electron chi connectivity index (χ2n) is 7.43. The Morgan fingerprint density at radius 2 is 1.70 bits per heavy atom. The van der Waals surface area contributed by atoms with Gasteiger partial charge in [-0.15, -0.1) is 0 Å². The van der Waals surface area contributed by atoms with Crippen molar-refractivity contribution in [1.29, 1.82) is 0 Å². The topological polar surface area (TPSA) is 17.8 Å². The number of nitrogens with zero attached hydrogens (tertiary/aromatic N) is 2. The van der Waals surface area contributed by atoms with E-state index < -0.39 is 0 Å². The van der Waals surface area contributed by atoms with Gasteiger partial charge >= 0.3 is 0 Å². The number of hydrogen-bond acceptors (Lipinski definition) is 1. The fraction of sp³-hybridized carbons (Fsp3) is 0.550. The maximum absolute atomic E-state index is 5.03. The molecule has 0 atom stereocenters. The van der Waals surface area contributed by atoms with E-state index in [1.54, 1.807) is 0 Å². The van der Waals surface area contributed by atoms with Gasteiger partial charge in [-0.05, 0) is 32.3 Å². The van der Waals surface area contributed by atoms with Crippen LogP contribution in [0.3, 0.4) is 0 Å². The summed E-state index contributed by atoms with van der Waals surface area (Å²) >= 11 is 0. The van der Waals surface area contributed by atoms with Gasteiger partial charge in [-0.3, -0.25) is 4.68 Å². The third-order valence-corrected chi connectivity index (χ3v) is 4.04. The average molecular weight is 494 g/mol. The average Bonchev–Trinajstić information content (AvgIpc) is 2.85. The smallest absolute Gasteiger partial charge is 0.0759 e. The summed E-state index contributed by atoms with van der Waals surface area (Å²) in [5.41, 5.74) is 5.32. The summed E-state index contributed by atoms with van der Waals surface area (Å²) in [7, 11) is 0. The summed E-state index contributed by atoms with van der Waals surface area (Å²) in [6.45, 7) is 13.5. The van der Waals surface area contributed by atoms with Gasteiger partial charge in [0.15, 0.2) is 0 Å². The van der Waals surface area contributed by atoms with Gasteiger partial charge in [0.25, 0.3) is 0 Å². The minimum absolute atomic E-state index is 0. The van der Waals surface area contributed by atoms with Gasteiger partial charge in [-0.1, -0.05) is 64.4 Å². The first kappa shape index (κ1) is 20.2. The van der Waals surface area contributed by atoms with Gasteiger partial charge in [-0.25, -0.2) is 0 Å². The van der Waals surface area contributed by atoms with E-state index in [0.717, 1.165) is 6.42 Å². The molecule has 0 bridgehead atoms. The molecule has 1 aromatic carbocycles. The number of unbranched alkanes of at least 4 members (excludes halogenated alkanes) is 1. The Morgan fingerprint density at radius 1 is 1.09 bits per heavy atom. The Hall–Kier alpha value is -0.882. The SMILES string of the molecule is CCCCc1c(-c2ccccc2)c(C(C)(C)C)nn1C(C)C.[Pt]. The minimum atomic E-state index is 0. The quantitative estimate of drug-likeness (QED) is 0.517. The number of hydrogen-bond donors (Lipinski definition) is 0. The molecule has 0 radical (unpaired) electrons. The monoisotopic (exact) mass is 493 g/mol. The van der Waals surface area contributed by atoms with E-state index in [4.69, 9.17) is 5.10 Å². The van der Waals surface area contributed by atoms with Crippen molar-refractivity contribution in [3.05, 3.63) is 41.7 Å². The second-order valence-corrected chi connectivity index (χ2v) is 7.43. The first-order chi connectivity index (χ1) is 10.4. The van der Waals surface area contributed by atoms with Crippen LogP contribution in [0, 0.1) is 0 Å². The van der Waals surface area contributed by atoms with Crippen LogP contribution in [-0.2, 0) is 32.9 Å². The van der Waals surface area contributed by atoms with Crippen LogP contribution in [0.5, 0.6) is 0 Å². The van der Waals surface area contributed by atoms with Gasteiger partial charge in [0.05, 0.1) is 5.69 Å². The van der Waals surface area contributed by atoms with E-state index in [2.05, 4.69) is 76.6 Å². The molecule has 23 heavy (non-hydrogen) atoms. The largest absolute Gasteiger partial charge is 0.266 e. The molecule has 130 valence electrons.